The predicted octanol–water partition coefficient (Wildman–Crippen LogP) is 3.49. The number of nitrogens with two attached hydrogens (primary N) is 1. The number of nitrogen functional groups attached to an aromatic ring is 1. The van der Waals surface area contributed by atoms with Gasteiger partial charge in [-0.25, -0.2) is 0 Å². The number of halogens is 1. The lowest BCUT2D eigenvalue weighted by Gasteiger charge is -2.01. The van der Waals surface area contributed by atoms with Gasteiger partial charge in [-0.15, -0.1) is 0 Å². The van der Waals surface area contributed by atoms with Crippen molar-refractivity contribution in [3.63, 3.8) is 0 Å². The number of anilines is 1. The topological polar surface area (TPSA) is 64.9 Å². The van der Waals surface area contributed by atoms with Gasteiger partial charge in [-0.2, -0.15) is 4.98 Å². The zero-order chi connectivity index (χ0) is 12.9. The van der Waals surface area contributed by atoms with Crippen molar-refractivity contribution in [1.82, 2.24) is 10.1 Å². The highest BCUT2D eigenvalue weighted by molar-refractivity contribution is 6.33. The van der Waals surface area contributed by atoms with Gasteiger partial charge in [-0.1, -0.05) is 36.7 Å². The number of hydrogen-bond donors (Lipinski definition) is 1. The molecule has 94 valence electrons. The van der Waals surface area contributed by atoms with Crippen molar-refractivity contribution in [3.8, 4) is 11.5 Å². The van der Waals surface area contributed by atoms with Crippen LogP contribution >= 0.6 is 11.6 Å². The molecule has 0 radical (unpaired) electrons. The van der Waals surface area contributed by atoms with Crippen LogP contribution in [0.4, 0.5) is 5.69 Å². The van der Waals surface area contributed by atoms with E-state index in [4.69, 9.17) is 21.9 Å². The van der Waals surface area contributed by atoms with E-state index >= 15 is 0 Å². The van der Waals surface area contributed by atoms with Gasteiger partial charge in [0.1, 0.15) is 0 Å². The molecule has 1 unspecified atom stereocenters. The molecule has 0 aliphatic heterocycles. The van der Waals surface area contributed by atoms with Crippen LogP contribution in [-0.4, -0.2) is 10.1 Å². The van der Waals surface area contributed by atoms with Crippen LogP contribution in [0.3, 0.4) is 0 Å². The van der Waals surface area contributed by atoms with Gasteiger partial charge < -0.3 is 10.3 Å². The standard InChI is InChI=1S/C13H14ClN3O/c1-13(2)6-8(13)11-16-12(18-17-11)7-4-3-5-9(14)10(7)15/h3-5,8H,6,15H2,1-2H3. The molecule has 2 aromatic rings. The van der Waals surface area contributed by atoms with E-state index in [0.29, 0.717) is 28.1 Å². The zero-order valence-electron chi connectivity index (χ0n) is 10.3. The van der Waals surface area contributed by atoms with E-state index in [1.54, 1.807) is 6.07 Å². The van der Waals surface area contributed by atoms with Gasteiger partial charge in [0.25, 0.3) is 5.89 Å². The summed E-state index contributed by atoms with van der Waals surface area (Å²) in [5, 5.41) is 4.54. The van der Waals surface area contributed by atoms with E-state index in [1.807, 2.05) is 12.1 Å². The molecule has 1 aliphatic carbocycles. The molecule has 1 atom stereocenters. The zero-order valence-corrected chi connectivity index (χ0v) is 11.0. The summed E-state index contributed by atoms with van der Waals surface area (Å²) in [6.07, 6.45) is 1.09. The predicted molar refractivity (Wildman–Crippen MR) is 70.3 cm³/mol. The smallest absolute Gasteiger partial charge is 0.260 e. The van der Waals surface area contributed by atoms with E-state index in [9.17, 15) is 0 Å². The number of benzene rings is 1. The fourth-order valence-corrected chi connectivity index (χ4v) is 2.29. The molecule has 3 rings (SSSR count). The van der Waals surface area contributed by atoms with Gasteiger partial charge in [0.05, 0.1) is 16.3 Å². The summed E-state index contributed by atoms with van der Waals surface area (Å²) in [6, 6.07) is 5.39. The first-order chi connectivity index (χ1) is 8.49. The number of para-hydroxylation sites is 1. The molecule has 0 bridgehead atoms. The molecule has 1 fully saturated rings. The average molecular weight is 264 g/mol. The van der Waals surface area contributed by atoms with Crippen molar-refractivity contribution in [2.75, 3.05) is 5.73 Å². The van der Waals surface area contributed by atoms with Crippen LogP contribution in [0.25, 0.3) is 11.5 Å². The van der Waals surface area contributed by atoms with Gasteiger partial charge >= 0.3 is 0 Å². The maximum Gasteiger partial charge on any atom is 0.260 e. The molecular formula is C13H14ClN3O. The van der Waals surface area contributed by atoms with Crippen molar-refractivity contribution in [2.45, 2.75) is 26.2 Å². The normalized spacial score (nSPS) is 20.9. The third kappa shape index (κ3) is 1.77. The molecule has 1 saturated carbocycles. The maximum absolute atomic E-state index is 5.98. The third-order valence-electron chi connectivity index (χ3n) is 3.55. The second kappa shape index (κ2) is 3.72. The summed E-state index contributed by atoms with van der Waals surface area (Å²) in [6.45, 7) is 4.39. The summed E-state index contributed by atoms with van der Waals surface area (Å²) in [7, 11) is 0. The SMILES string of the molecule is CC1(C)CC1c1noc(-c2cccc(Cl)c2N)n1. The molecule has 0 saturated heterocycles. The van der Waals surface area contributed by atoms with Crippen LogP contribution in [0.5, 0.6) is 0 Å². The Balaban J connectivity index is 1.96. The summed E-state index contributed by atoms with van der Waals surface area (Å²) in [4.78, 5) is 4.42. The highest BCUT2D eigenvalue weighted by Crippen LogP contribution is 2.57. The first-order valence-electron chi connectivity index (χ1n) is 5.87. The van der Waals surface area contributed by atoms with Gasteiger partial charge in [0.15, 0.2) is 5.82 Å². The van der Waals surface area contributed by atoms with E-state index in [-0.39, 0.29) is 5.41 Å². The molecule has 1 aromatic carbocycles. The van der Waals surface area contributed by atoms with Gasteiger partial charge in [-0.05, 0) is 24.0 Å². The Morgan fingerprint density at radius 2 is 2.17 bits per heavy atom. The van der Waals surface area contributed by atoms with Crippen molar-refractivity contribution < 1.29 is 4.52 Å². The molecule has 1 heterocycles. The van der Waals surface area contributed by atoms with E-state index in [0.717, 1.165) is 12.2 Å². The Bertz CT molecular complexity index is 606. The minimum absolute atomic E-state index is 0.279. The largest absolute Gasteiger partial charge is 0.397 e. The lowest BCUT2D eigenvalue weighted by molar-refractivity contribution is 0.419. The highest BCUT2D eigenvalue weighted by Gasteiger charge is 2.49. The van der Waals surface area contributed by atoms with Gasteiger partial charge in [0, 0.05) is 5.92 Å². The molecule has 1 aliphatic rings. The van der Waals surface area contributed by atoms with Crippen molar-refractivity contribution in [3.05, 3.63) is 29.0 Å². The second-order valence-corrected chi connectivity index (χ2v) is 5.81. The Morgan fingerprint density at radius 1 is 1.44 bits per heavy atom. The van der Waals surface area contributed by atoms with Crippen LogP contribution in [0.15, 0.2) is 22.7 Å². The fraction of sp³-hybridized carbons (Fsp3) is 0.385. The minimum atomic E-state index is 0.279. The van der Waals surface area contributed by atoms with Crippen molar-refractivity contribution >= 4 is 17.3 Å². The molecular weight excluding hydrogens is 250 g/mol. The fourth-order valence-electron chi connectivity index (χ4n) is 2.12. The quantitative estimate of drug-likeness (QED) is 0.843. The number of hydrogen-bond acceptors (Lipinski definition) is 4. The number of nitrogens with zero attached hydrogens (tertiary/aromatic N) is 2. The Hall–Kier alpha value is -1.55. The van der Waals surface area contributed by atoms with Crippen LogP contribution in [-0.2, 0) is 0 Å². The first-order valence-corrected chi connectivity index (χ1v) is 6.25. The van der Waals surface area contributed by atoms with Crippen LogP contribution in [0.2, 0.25) is 5.02 Å². The lowest BCUT2D eigenvalue weighted by atomic mass is 10.1. The van der Waals surface area contributed by atoms with Crippen molar-refractivity contribution in [1.29, 1.82) is 0 Å². The number of aromatic nitrogens is 2. The van der Waals surface area contributed by atoms with E-state index in [2.05, 4.69) is 24.0 Å². The molecule has 0 spiro atoms. The summed E-state index contributed by atoms with van der Waals surface area (Å²) < 4.78 is 5.28. The summed E-state index contributed by atoms with van der Waals surface area (Å²) >= 11 is 5.98. The monoisotopic (exact) mass is 263 g/mol. The Labute approximate surface area is 110 Å². The molecule has 1 aromatic heterocycles. The van der Waals surface area contributed by atoms with Crippen LogP contribution in [0.1, 0.15) is 32.0 Å². The number of rotatable bonds is 2. The molecule has 5 heteroatoms. The second-order valence-electron chi connectivity index (χ2n) is 5.40. The molecule has 4 nitrogen and oxygen atoms in total. The average Bonchev–Trinajstić information content (AvgIpc) is 2.77. The van der Waals surface area contributed by atoms with E-state index in [1.165, 1.54) is 0 Å². The van der Waals surface area contributed by atoms with Gasteiger partial charge in [0.2, 0.25) is 0 Å². The first kappa shape index (κ1) is 11.5. The van der Waals surface area contributed by atoms with Crippen LogP contribution in [0, 0.1) is 5.41 Å². The molecule has 2 N–H and O–H groups in total. The Kier molecular flexibility index (Phi) is 2.38. The van der Waals surface area contributed by atoms with E-state index < -0.39 is 0 Å². The lowest BCUT2D eigenvalue weighted by Crippen LogP contribution is -1.93. The third-order valence-corrected chi connectivity index (χ3v) is 3.88. The summed E-state index contributed by atoms with van der Waals surface area (Å²) in [5.74, 6) is 1.58. The summed E-state index contributed by atoms with van der Waals surface area (Å²) in [5.41, 5.74) is 7.36. The van der Waals surface area contributed by atoms with Gasteiger partial charge in [-0.3, -0.25) is 0 Å². The molecule has 18 heavy (non-hydrogen) atoms. The van der Waals surface area contributed by atoms with Crippen LogP contribution < -0.4 is 5.73 Å². The Morgan fingerprint density at radius 3 is 2.83 bits per heavy atom. The molecule has 0 amide bonds. The maximum atomic E-state index is 5.98. The minimum Gasteiger partial charge on any atom is -0.397 e. The highest BCUT2D eigenvalue weighted by atomic mass is 35.5. The van der Waals surface area contributed by atoms with Crippen molar-refractivity contribution in [2.24, 2.45) is 5.41 Å².